The number of rotatable bonds is 6. The molecule has 0 aliphatic heterocycles. The minimum Gasteiger partial charge on any atom is -0.368 e. The van der Waals surface area contributed by atoms with Crippen LogP contribution in [-0.2, 0) is 5.75 Å². The topological polar surface area (TPSA) is 85.8 Å². The Bertz CT molecular complexity index is 1510. The number of nitrogen functional groups attached to an aromatic ring is 1. The largest absolute Gasteiger partial charge is 0.368 e. The van der Waals surface area contributed by atoms with Gasteiger partial charge in [-0.3, -0.25) is 9.36 Å². The first-order valence-electron chi connectivity index (χ1n) is 10.6. The smallest absolute Gasteiger partial charge is 0.260 e. The van der Waals surface area contributed by atoms with E-state index >= 15 is 4.39 Å². The van der Waals surface area contributed by atoms with Gasteiger partial charge < -0.3 is 10.5 Å². The summed E-state index contributed by atoms with van der Waals surface area (Å²) in [6.07, 6.45) is 1.37. The van der Waals surface area contributed by atoms with E-state index in [9.17, 15) is 13.6 Å². The molecule has 11 heteroatoms. The summed E-state index contributed by atoms with van der Waals surface area (Å²) >= 11 is 4.47. The first kappa shape index (κ1) is 25.1. The van der Waals surface area contributed by atoms with Crippen molar-refractivity contribution in [2.45, 2.75) is 32.6 Å². The summed E-state index contributed by atoms with van der Waals surface area (Å²) in [7, 11) is 0. The number of nitrogens with zero attached hydrogens (tertiary/aromatic N) is 3. The monoisotopic (exact) mass is 563 g/mol. The predicted molar refractivity (Wildman–Crippen MR) is 138 cm³/mol. The average molecular weight is 564 g/mol. The molecule has 6 nitrogen and oxygen atoms in total. The van der Waals surface area contributed by atoms with Gasteiger partial charge in [-0.05, 0) is 62.0 Å². The molecule has 2 heterocycles. The van der Waals surface area contributed by atoms with Crippen molar-refractivity contribution in [3.05, 3.63) is 79.9 Å². The molecule has 0 fully saturated rings. The molecule has 2 aromatic carbocycles. The van der Waals surface area contributed by atoms with Crippen LogP contribution >= 0.6 is 27.9 Å². The van der Waals surface area contributed by atoms with Crippen LogP contribution in [0.3, 0.4) is 0 Å². The fraction of sp³-hybridized carbons (Fsp3) is 0.208. The number of fused-ring (bicyclic) bond motifs is 1. The van der Waals surface area contributed by atoms with E-state index in [1.54, 1.807) is 13.8 Å². The van der Waals surface area contributed by atoms with Crippen LogP contribution in [0.4, 0.5) is 24.8 Å². The van der Waals surface area contributed by atoms with Crippen LogP contribution in [0, 0.1) is 24.4 Å². The molecule has 0 saturated heterocycles. The Hall–Kier alpha value is -3.05. The van der Waals surface area contributed by atoms with Crippen molar-refractivity contribution in [2.24, 2.45) is 0 Å². The molecule has 0 amide bonds. The number of benzene rings is 2. The number of nitrogens with two attached hydrogens (primary N) is 1. The molecule has 0 aliphatic carbocycles. The maximum absolute atomic E-state index is 15.2. The zero-order valence-corrected chi connectivity index (χ0v) is 21.4. The Morgan fingerprint density at radius 3 is 2.57 bits per heavy atom. The first-order valence-corrected chi connectivity index (χ1v) is 12.3. The molecular weight excluding hydrogens is 543 g/mol. The summed E-state index contributed by atoms with van der Waals surface area (Å²) in [6, 6.07) is 7.48. The third-order valence-electron chi connectivity index (χ3n) is 5.37. The Kier molecular flexibility index (Phi) is 7.09. The van der Waals surface area contributed by atoms with Gasteiger partial charge in [-0.2, -0.15) is 4.98 Å². The quantitative estimate of drug-likeness (QED) is 0.209. The Labute approximate surface area is 212 Å². The third kappa shape index (κ3) is 4.87. The van der Waals surface area contributed by atoms with Gasteiger partial charge in [0, 0.05) is 33.4 Å². The number of aryl methyl sites for hydroxylation is 1. The molecule has 4 rings (SSSR count). The van der Waals surface area contributed by atoms with Crippen molar-refractivity contribution in [1.29, 1.82) is 0 Å². The lowest BCUT2D eigenvalue weighted by Crippen LogP contribution is -2.25. The highest BCUT2D eigenvalue weighted by molar-refractivity contribution is 9.10. The van der Waals surface area contributed by atoms with Gasteiger partial charge in [-0.1, -0.05) is 28.1 Å². The van der Waals surface area contributed by atoms with Crippen molar-refractivity contribution in [3.8, 4) is 11.1 Å². The number of pyridine rings is 1. The lowest BCUT2D eigenvalue weighted by atomic mass is 10.0. The van der Waals surface area contributed by atoms with Crippen LogP contribution in [-0.4, -0.2) is 14.5 Å². The van der Waals surface area contributed by atoms with Gasteiger partial charge in [0.1, 0.15) is 11.3 Å². The van der Waals surface area contributed by atoms with Gasteiger partial charge in [0.15, 0.2) is 17.5 Å². The minimum absolute atomic E-state index is 0.0343. The second kappa shape index (κ2) is 9.90. The van der Waals surface area contributed by atoms with E-state index in [1.807, 2.05) is 25.1 Å². The fourth-order valence-electron chi connectivity index (χ4n) is 3.65. The molecule has 35 heavy (non-hydrogen) atoms. The zero-order valence-electron chi connectivity index (χ0n) is 19.0. The van der Waals surface area contributed by atoms with Crippen LogP contribution in [0.15, 0.2) is 45.8 Å². The van der Waals surface area contributed by atoms with Crippen molar-refractivity contribution >= 4 is 50.5 Å². The molecule has 3 N–H and O–H groups in total. The van der Waals surface area contributed by atoms with Crippen molar-refractivity contribution in [2.75, 3.05) is 10.5 Å². The van der Waals surface area contributed by atoms with E-state index in [1.165, 1.54) is 16.8 Å². The molecule has 4 aromatic rings. The predicted octanol–water partition coefficient (Wildman–Crippen LogP) is 6.37. The highest BCUT2D eigenvalue weighted by Crippen LogP contribution is 2.33. The van der Waals surface area contributed by atoms with Gasteiger partial charge in [0.05, 0.1) is 5.56 Å². The SMILES string of the molecule is Cc1ccc(CSNc2c(F)cc(-c3cc4cnc(N)nc4n(C(C)C)c3=O)c(F)c2F)c(Br)c1. The first-order chi connectivity index (χ1) is 16.6. The lowest BCUT2D eigenvalue weighted by Gasteiger charge is -2.16. The number of aromatic nitrogens is 3. The van der Waals surface area contributed by atoms with Crippen molar-refractivity contribution < 1.29 is 13.2 Å². The maximum Gasteiger partial charge on any atom is 0.260 e. The summed E-state index contributed by atoms with van der Waals surface area (Å²) in [4.78, 5) is 21.2. The van der Waals surface area contributed by atoms with Crippen molar-refractivity contribution in [3.63, 3.8) is 0 Å². The van der Waals surface area contributed by atoms with Crippen LogP contribution in [0.5, 0.6) is 0 Å². The van der Waals surface area contributed by atoms with Crippen LogP contribution < -0.4 is 16.0 Å². The van der Waals surface area contributed by atoms with Gasteiger partial charge >= 0.3 is 0 Å². The highest BCUT2D eigenvalue weighted by atomic mass is 79.9. The van der Waals surface area contributed by atoms with Gasteiger partial charge in [-0.25, -0.2) is 18.2 Å². The number of nitrogens with one attached hydrogen (secondary N) is 1. The Morgan fingerprint density at radius 1 is 1.14 bits per heavy atom. The normalized spacial score (nSPS) is 11.4. The van der Waals surface area contributed by atoms with Crippen LogP contribution in [0.1, 0.15) is 31.0 Å². The van der Waals surface area contributed by atoms with Gasteiger partial charge in [0.25, 0.3) is 5.56 Å². The summed E-state index contributed by atoms with van der Waals surface area (Å²) < 4.78 is 49.8. The second-order valence-electron chi connectivity index (χ2n) is 8.23. The molecule has 2 aromatic heterocycles. The highest BCUT2D eigenvalue weighted by Gasteiger charge is 2.24. The lowest BCUT2D eigenvalue weighted by molar-refractivity contribution is 0.502. The number of halogens is 4. The summed E-state index contributed by atoms with van der Waals surface area (Å²) in [6.45, 7) is 5.41. The molecule has 0 bridgehead atoms. The molecule has 0 radical (unpaired) electrons. The molecule has 0 saturated carbocycles. The van der Waals surface area contributed by atoms with E-state index in [4.69, 9.17) is 5.73 Å². The maximum atomic E-state index is 15.2. The zero-order chi connectivity index (χ0) is 25.4. The average Bonchev–Trinajstić information content (AvgIpc) is 2.79. The van der Waals surface area contributed by atoms with E-state index in [0.717, 1.165) is 33.6 Å². The molecule has 182 valence electrons. The summed E-state index contributed by atoms with van der Waals surface area (Å²) in [5.74, 6) is -3.45. The number of hydrogen-bond donors (Lipinski definition) is 2. The molecule has 0 atom stereocenters. The van der Waals surface area contributed by atoms with Crippen molar-refractivity contribution in [1.82, 2.24) is 14.5 Å². The second-order valence-corrected chi connectivity index (χ2v) is 9.86. The van der Waals surface area contributed by atoms with Crippen LogP contribution in [0.25, 0.3) is 22.2 Å². The van der Waals surface area contributed by atoms with E-state index in [-0.39, 0.29) is 23.2 Å². The summed E-state index contributed by atoms with van der Waals surface area (Å²) in [5.41, 5.74) is 5.90. The van der Waals surface area contributed by atoms with E-state index in [2.05, 4.69) is 30.6 Å². The molecule has 0 spiro atoms. The molecule has 0 unspecified atom stereocenters. The fourth-order valence-corrected chi connectivity index (χ4v) is 5.28. The van der Waals surface area contributed by atoms with E-state index < -0.39 is 34.3 Å². The van der Waals surface area contributed by atoms with E-state index in [0.29, 0.717) is 11.1 Å². The minimum atomic E-state index is -1.42. The Balaban J connectivity index is 1.73. The molecular formula is C24H21BrF3N5OS. The standard InChI is InChI=1S/C24H21BrF3N5OS/c1-11(2)33-22-14(9-30-24(29)31-22)7-16(23(33)34)15-8-18(26)21(20(28)19(15)27)32-35-10-13-5-4-12(3)6-17(13)25/h4-9,11,32H,10H2,1-3H3,(H2,29,30,31). The number of anilines is 2. The number of hydrogen-bond acceptors (Lipinski definition) is 6. The van der Waals surface area contributed by atoms with Crippen LogP contribution in [0.2, 0.25) is 0 Å². The summed E-state index contributed by atoms with van der Waals surface area (Å²) in [5, 5.41) is 0.379. The Morgan fingerprint density at radius 2 is 1.89 bits per heavy atom. The molecule has 0 aliphatic rings. The van der Waals surface area contributed by atoms with Gasteiger partial charge in [-0.15, -0.1) is 0 Å². The van der Waals surface area contributed by atoms with Gasteiger partial charge in [0.2, 0.25) is 5.95 Å². The third-order valence-corrected chi connectivity index (χ3v) is 6.91.